The standard InChI is InChI=1S/C52H34/c1-4-17-35(18-5-1)38-23-16-24-39(33-38)49-43-27-12-14-29-45(43)50(46-30-15-13-28-44(46)49)40-31-32-47-48(34-40)41-25-10-11-26-42(41)51(36-19-6-2-7-20-36)52(47)37-21-8-3-9-22-37/h1-34H. The van der Waals surface area contributed by atoms with Crippen molar-refractivity contribution >= 4 is 43.1 Å². The Balaban J connectivity index is 1.28. The summed E-state index contributed by atoms with van der Waals surface area (Å²) in [7, 11) is 0. The Morgan fingerprint density at radius 3 is 1.00 bits per heavy atom. The molecular formula is C52H34. The zero-order valence-corrected chi connectivity index (χ0v) is 28.6. The molecular weight excluding hydrogens is 625 g/mol. The molecule has 10 aromatic carbocycles. The molecule has 0 aliphatic rings. The van der Waals surface area contributed by atoms with Gasteiger partial charge in [0, 0.05) is 0 Å². The number of rotatable bonds is 5. The summed E-state index contributed by atoms with van der Waals surface area (Å²) in [5, 5.41) is 10.1. The molecule has 0 nitrogen and oxygen atoms in total. The molecule has 0 fully saturated rings. The molecule has 0 aliphatic heterocycles. The fourth-order valence-corrected chi connectivity index (χ4v) is 8.39. The summed E-state index contributed by atoms with van der Waals surface area (Å²) in [6.45, 7) is 0. The molecule has 0 radical (unpaired) electrons. The highest BCUT2D eigenvalue weighted by atomic mass is 14.2. The maximum Gasteiger partial charge on any atom is -0.00203 e. The Bertz CT molecular complexity index is 2860. The Morgan fingerprint density at radius 2 is 0.500 bits per heavy atom. The summed E-state index contributed by atoms with van der Waals surface area (Å²) in [4.78, 5) is 0. The molecule has 0 heterocycles. The van der Waals surface area contributed by atoms with Crippen LogP contribution >= 0.6 is 0 Å². The van der Waals surface area contributed by atoms with Gasteiger partial charge in [0.1, 0.15) is 0 Å². The minimum atomic E-state index is 1.22. The predicted molar refractivity (Wildman–Crippen MR) is 224 cm³/mol. The van der Waals surface area contributed by atoms with E-state index in [4.69, 9.17) is 0 Å². The van der Waals surface area contributed by atoms with Crippen molar-refractivity contribution in [1.29, 1.82) is 0 Å². The van der Waals surface area contributed by atoms with Crippen molar-refractivity contribution in [3.8, 4) is 55.6 Å². The van der Waals surface area contributed by atoms with Gasteiger partial charge in [0.25, 0.3) is 0 Å². The van der Waals surface area contributed by atoms with Crippen LogP contribution in [0.2, 0.25) is 0 Å². The van der Waals surface area contributed by atoms with E-state index in [0.29, 0.717) is 0 Å². The zero-order chi connectivity index (χ0) is 34.4. The molecule has 10 rings (SSSR count). The second kappa shape index (κ2) is 12.5. The molecule has 10 aromatic rings. The third-order valence-corrected chi connectivity index (χ3v) is 10.6. The van der Waals surface area contributed by atoms with Gasteiger partial charge in [-0.15, -0.1) is 0 Å². The maximum absolute atomic E-state index is 2.45. The summed E-state index contributed by atoms with van der Waals surface area (Å²) in [6, 6.07) is 75.5. The van der Waals surface area contributed by atoms with Crippen LogP contribution in [0, 0.1) is 0 Å². The fraction of sp³-hybridized carbons (Fsp3) is 0. The first-order valence-corrected chi connectivity index (χ1v) is 18.0. The van der Waals surface area contributed by atoms with Crippen molar-refractivity contribution in [3.05, 3.63) is 206 Å². The van der Waals surface area contributed by atoms with Gasteiger partial charge in [-0.05, 0) is 111 Å². The first-order valence-electron chi connectivity index (χ1n) is 18.0. The van der Waals surface area contributed by atoms with E-state index < -0.39 is 0 Å². The van der Waals surface area contributed by atoms with Crippen LogP contribution in [0.25, 0.3) is 98.7 Å². The van der Waals surface area contributed by atoms with E-state index in [1.807, 2.05) is 0 Å². The highest BCUT2D eigenvalue weighted by Gasteiger charge is 2.20. The molecule has 0 aromatic heterocycles. The number of fused-ring (bicyclic) bond motifs is 5. The monoisotopic (exact) mass is 658 g/mol. The summed E-state index contributed by atoms with van der Waals surface area (Å²) in [6.07, 6.45) is 0. The summed E-state index contributed by atoms with van der Waals surface area (Å²) < 4.78 is 0. The minimum absolute atomic E-state index is 1.22. The van der Waals surface area contributed by atoms with Crippen LogP contribution in [0.1, 0.15) is 0 Å². The minimum Gasteiger partial charge on any atom is -0.0622 e. The van der Waals surface area contributed by atoms with E-state index in [2.05, 4.69) is 206 Å². The normalized spacial score (nSPS) is 11.5. The van der Waals surface area contributed by atoms with Crippen LogP contribution < -0.4 is 0 Å². The second-order valence-electron chi connectivity index (χ2n) is 13.6. The quantitative estimate of drug-likeness (QED) is 0.128. The van der Waals surface area contributed by atoms with E-state index in [-0.39, 0.29) is 0 Å². The second-order valence-corrected chi connectivity index (χ2v) is 13.6. The van der Waals surface area contributed by atoms with Crippen molar-refractivity contribution in [2.24, 2.45) is 0 Å². The summed E-state index contributed by atoms with van der Waals surface area (Å²) in [5.74, 6) is 0. The first kappa shape index (κ1) is 30.1. The topological polar surface area (TPSA) is 0 Å². The Hall–Kier alpha value is -6.76. The van der Waals surface area contributed by atoms with Gasteiger partial charge < -0.3 is 0 Å². The highest BCUT2D eigenvalue weighted by molar-refractivity contribution is 6.25. The molecule has 0 saturated heterocycles. The van der Waals surface area contributed by atoms with Crippen LogP contribution in [0.15, 0.2) is 206 Å². The lowest BCUT2D eigenvalue weighted by Crippen LogP contribution is -1.93. The van der Waals surface area contributed by atoms with E-state index in [1.54, 1.807) is 0 Å². The third-order valence-electron chi connectivity index (χ3n) is 10.6. The molecule has 0 heteroatoms. The molecule has 0 bridgehead atoms. The Kier molecular flexibility index (Phi) is 7.25. The van der Waals surface area contributed by atoms with Crippen LogP contribution in [0.5, 0.6) is 0 Å². The molecule has 0 unspecified atom stereocenters. The van der Waals surface area contributed by atoms with Gasteiger partial charge in [-0.2, -0.15) is 0 Å². The van der Waals surface area contributed by atoms with E-state index in [1.165, 1.54) is 98.7 Å². The first-order chi connectivity index (χ1) is 25.8. The highest BCUT2D eigenvalue weighted by Crippen LogP contribution is 2.48. The maximum atomic E-state index is 2.45. The van der Waals surface area contributed by atoms with Crippen LogP contribution in [0.3, 0.4) is 0 Å². The SMILES string of the molecule is c1ccc(-c2cccc(-c3c4ccccc4c(-c4ccc5c(-c6ccccc6)c(-c6ccccc6)c6ccccc6c5c4)c4ccccc34)c2)cc1. The fourth-order valence-electron chi connectivity index (χ4n) is 8.39. The molecule has 0 N–H and O–H groups in total. The van der Waals surface area contributed by atoms with Gasteiger partial charge >= 0.3 is 0 Å². The summed E-state index contributed by atoms with van der Waals surface area (Å²) in [5.41, 5.74) is 12.5. The van der Waals surface area contributed by atoms with E-state index in [0.717, 1.165) is 0 Å². The third kappa shape index (κ3) is 4.92. The lowest BCUT2D eigenvalue weighted by Gasteiger charge is -2.21. The Morgan fingerprint density at radius 1 is 0.154 bits per heavy atom. The van der Waals surface area contributed by atoms with Crippen molar-refractivity contribution in [2.75, 3.05) is 0 Å². The smallest absolute Gasteiger partial charge is 0.00203 e. The zero-order valence-electron chi connectivity index (χ0n) is 28.6. The largest absolute Gasteiger partial charge is 0.0622 e. The van der Waals surface area contributed by atoms with Crippen LogP contribution in [-0.4, -0.2) is 0 Å². The molecule has 0 amide bonds. The van der Waals surface area contributed by atoms with Gasteiger partial charge in [-0.3, -0.25) is 0 Å². The van der Waals surface area contributed by atoms with Crippen molar-refractivity contribution in [2.45, 2.75) is 0 Å². The lowest BCUT2D eigenvalue weighted by molar-refractivity contribution is 1.61. The van der Waals surface area contributed by atoms with E-state index in [9.17, 15) is 0 Å². The molecule has 52 heavy (non-hydrogen) atoms. The van der Waals surface area contributed by atoms with Gasteiger partial charge in [0.05, 0.1) is 0 Å². The molecule has 0 saturated carbocycles. The average molecular weight is 659 g/mol. The van der Waals surface area contributed by atoms with Gasteiger partial charge in [-0.25, -0.2) is 0 Å². The average Bonchev–Trinajstić information content (AvgIpc) is 3.23. The number of benzene rings is 10. The van der Waals surface area contributed by atoms with Gasteiger partial charge in [0.15, 0.2) is 0 Å². The number of hydrogen-bond donors (Lipinski definition) is 0. The van der Waals surface area contributed by atoms with Gasteiger partial charge in [-0.1, -0.05) is 194 Å². The summed E-state index contributed by atoms with van der Waals surface area (Å²) >= 11 is 0. The van der Waals surface area contributed by atoms with E-state index >= 15 is 0 Å². The predicted octanol–water partition coefficient (Wildman–Crippen LogP) is 14.6. The van der Waals surface area contributed by atoms with Crippen molar-refractivity contribution in [1.82, 2.24) is 0 Å². The molecule has 0 aliphatic carbocycles. The Labute approximate surface area is 303 Å². The molecule has 0 spiro atoms. The van der Waals surface area contributed by atoms with Crippen LogP contribution in [0.4, 0.5) is 0 Å². The van der Waals surface area contributed by atoms with Crippen molar-refractivity contribution in [3.63, 3.8) is 0 Å². The molecule has 0 atom stereocenters. The van der Waals surface area contributed by atoms with Crippen molar-refractivity contribution < 1.29 is 0 Å². The molecule has 242 valence electrons. The number of hydrogen-bond acceptors (Lipinski definition) is 0. The van der Waals surface area contributed by atoms with Gasteiger partial charge in [0.2, 0.25) is 0 Å². The lowest BCUT2D eigenvalue weighted by atomic mass is 9.82. The van der Waals surface area contributed by atoms with Crippen LogP contribution in [-0.2, 0) is 0 Å².